The topological polar surface area (TPSA) is 46.9 Å². The van der Waals surface area contributed by atoms with E-state index < -0.39 is 11.7 Å². The molecule has 0 saturated heterocycles. The average molecular weight is 361 g/mol. The van der Waals surface area contributed by atoms with Crippen molar-refractivity contribution < 1.29 is 13.2 Å². The number of hydrogen-bond donors (Lipinski definition) is 1. The van der Waals surface area contributed by atoms with Gasteiger partial charge in [0.1, 0.15) is 5.69 Å². The Morgan fingerprint density at radius 1 is 1.12 bits per heavy atom. The van der Waals surface area contributed by atoms with E-state index in [1.54, 1.807) is 11.6 Å². The number of alkyl halides is 3. The van der Waals surface area contributed by atoms with Crippen molar-refractivity contribution in [2.75, 3.05) is 0 Å². The maximum atomic E-state index is 12.6. The SMILES string of the molecule is C[C@@H](NCc1nc2ccccc2n(C)c1=O)c1ccc(C(F)(F)F)cc1. The third kappa shape index (κ3) is 3.62. The molecule has 0 aliphatic heterocycles. The molecule has 0 radical (unpaired) electrons. The van der Waals surface area contributed by atoms with Crippen LogP contribution in [0.1, 0.15) is 29.8 Å². The second kappa shape index (κ2) is 6.92. The molecule has 7 heteroatoms. The minimum atomic E-state index is -4.35. The molecule has 0 aliphatic rings. The van der Waals surface area contributed by atoms with E-state index in [4.69, 9.17) is 0 Å². The summed E-state index contributed by atoms with van der Waals surface area (Å²) in [4.78, 5) is 16.8. The first-order chi connectivity index (χ1) is 12.3. The van der Waals surface area contributed by atoms with E-state index in [-0.39, 0.29) is 18.1 Å². The lowest BCUT2D eigenvalue weighted by Crippen LogP contribution is -2.28. The molecule has 1 heterocycles. The molecule has 0 saturated carbocycles. The quantitative estimate of drug-likeness (QED) is 0.769. The van der Waals surface area contributed by atoms with Crippen LogP contribution in [-0.4, -0.2) is 9.55 Å². The van der Waals surface area contributed by atoms with Gasteiger partial charge in [-0.15, -0.1) is 0 Å². The summed E-state index contributed by atoms with van der Waals surface area (Å²) in [7, 11) is 1.69. The lowest BCUT2D eigenvalue weighted by Gasteiger charge is -2.16. The lowest BCUT2D eigenvalue weighted by molar-refractivity contribution is -0.137. The van der Waals surface area contributed by atoms with Gasteiger partial charge in [0.2, 0.25) is 0 Å². The zero-order chi connectivity index (χ0) is 18.9. The fraction of sp³-hybridized carbons (Fsp3) is 0.263. The van der Waals surface area contributed by atoms with Gasteiger partial charge >= 0.3 is 6.18 Å². The van der Waals surface area contributed by atoms with E-state index in [0.717, 1.165) is 17.6 Å². The highest BCUT2D eigenvalue weighted by Crippen LogP contribution is 2.29. The Morgan fingerprint density at radius 3 is 2.42 bits per heavy atom. The molecule has 3 aromatic rings. The predicted octanol–water partition coefficient (Wildman–Crippen LogP) is 3.80. The van der Waals surface area contributed by atoms with Crippen LogP contribution in [0.3, 0.4) is 0 Å². The molecular formula is C19H18F3N3O. The number of hydrogen-bond acceptors (Lipinski definition) is 3. The number of fused-ring (bicyclic) bond motifs is 1. The second-order valence-electron chi connectivity index (χ2n) is 6.13. The molecule has 1 N–H and O–H groups in total. The number of benzene rings is 2. The normalized spacial score (nSPS) is 13.1. The van der Waals surface area contributed by atoms with Crippen LogP contribution in [-0.2, 0) is 19.8 Å². The van der Waals surface area contributed by atoms with Gasteiger partial charge in [0.15, 0.2) is 0 Å². The molecule has 0 spiro atoms. The Balaban J connectivity index is 1.77. The summed E-state index contributed by atoms with van der Waals surface area (Å²) >= 11 is 0. The molecule has 136 valence electrons. The van der Waals surface area contributed by atoms with E-state index in [1.165, 1.54) is 12.1 Å². The molecule has 0 fully saturated rings. The first-order valence-corrected chi connectivity index (χ1v) is 8.12. The number of halogens is 3. The van der Waals surface area contributed by atoms with Crippen molar-refractivity contribution in [1.82, 2.24) is 14.9 Å². The van der Waals surface area contributed by atoms with Crippen LogP contribution < -0.4 is 10.9 Å². The van der Waals surface area contributed by atoms with E-state index in [9.17, 15) is 18.0 Å². The Kier molecular flexibility index (Phi) is 4.82. The van der Waals surface area contributed by atoms with Crippen molar-refractivity contribution >= 4 is 11.0 Å². The molecule has 0 aliphatic carbocycles. The van der Waals surface area contributed by atoms with E-state index >= 15 is 0 Å². The van der Waals surface area contributed by atoms with Crippen molar-refractivity contribution in [3.05, 3.63) is 75.7 Å². The number of aryl methyl sites for hydroxylation is 1. The summed E-state index contributed by atoms with van der Waals surface area (Å²) < 4.78 is 39.5. The summed E-state index contributed by atoms with van der Waals surface area (Å²) in [6.45, 7) is 2.05. The van der Waals surface area contributed by atoms with Crippen LogP contribution in [0.15, 0.2) is 53.3 Å². The van der Waals surface area contributed by atoms with Gasteiger partial charge in [-0.3, -0.25) is 4.79 Å². The molecule has 0 bridgehead atoms. The van der Waals surface area contributed by atoms with Crippen LogP contribution in [0.4, 0.5) is 13.2 Å². The Morgan fingerprint density at radius 2 is 1.77 bits per heavy atom. The molecule has 3 rings (SSSR count). The Bertz CT molecular complexity index is 978. The smallest absolute Gasteiger partial charge is 0.308 e. The van der Waals surface area contributed by atoms with E-state index in [1.807, 2.05) is 31.2 Å². The Labute approximate surface area is 148 Å². The van der Waals surface area contributed by atoms with Gasteiger partial charge in [-0.1, -0.05) is 24.3 Å². The Hall–Kier alpha value is -2.67. The number of nitrogens with one attached hydrogen (secondary N) is 1. The summed E-state index contributed by atoms with van der Waals surface area (Å²) in [5, 5.41) is 3.15. The summed E-state index contributed by atoms with van der Waals surface area (Å²) in [6.07, 6.45) is -4.35. The van der Waals surface area contributed by atoms with Crippen molar-refractivity contribution in [2.24, 2.45) is 7.05 Å². The van der Waals surface area contributed by atoms with Gasteiger partial charge in [-0.05, 0) is 36.8 Å². The van der Waals surface area contributed by atoms with Crippen molar-refractivity contribution in [2.45, 2.75) is 25.7 Å². The van der Waals surface area contributed by atoms with Crippen molar-refractivity contribution in [3.8, 4) is 0 Å². The minimum Gasteiger partial charge on any atom is -0.308 e. The molecule has 26 heavy (non-hydrogen) atoms. The summed E-state index contributed by atoms with van der Waals surface area (Å²) in [5.74, 6) is 0. The third-order valence-corrected chi connectivity index (χ3v) is 4.36. The number of rotatable bonds is 4. The maximum Gasteiger partial charge on any atom is 0.416 e. The fourth-order valence-corrected chi connectivity index (χ4v) is 2.78. The van der Waals surface area contributed by atoms with Gasteiger partial charge in [-0.25, -0.2) is 4.98 Å². The molecule has 0 amide bonds. The molecular weight excluding hydrogens is 343 g/mol. The van der Waals surface area contributed by atoms with Gasteiger partial charge in [0.05, 0.1) is 16.6 Å². The first kappa shape index (κ1) is 18.1. The molecule has 1 aromatic heterocycles. The summed E-state index contributed by atoms with van der Waals surface area (Å²) in [6, 6.07) is 12.1. The summed E-state index contributed by atoms with van der Waals surface area (Å²) in [5.41, 5.74) is 1.65. The first-order valence-electron chi connectivity index (χ1n) is 8.12. The molecule has 0 unspecified atom stereocenters. The number of aromatic nitrogens is 2. The third-order valence-electron chi connectivity index (χ3n) is 4.36. The van der Waals surface area contributed by atoms with Crippen LogP contribution in [0, 0.1) is 0 Å². The van der Waals surface area contributed by atoms with Crippen LogP contribution >= 0.6 is 0 Å². The monoisotopic (exact) mass is 361 g/mol. The highest BCUT2D eigenvalue weighted by molar-refractivity contribution is 5.74. The minimum absolute atomic E-state index is 0.198. The molecule has 1 atom stereocenters. The van der Waals surface area contributed by atoms with E-state index in [2.05, 4.69) is 10.3 Å². The van der Waals surface area contributed by atoms with Crippen LogP contribution in [0.5, 0.6) is 0 Å². The van der Waals surface area contributed by atoms with Gasteiger partial charge < -0.3 is 9.88 Å². The zero-order valence-corrected chi connectivity index (χ0v) is 14.3. The highest BCUT2D eigenvalue weighted by Gasteiger charge is 2.30. The largest absolute Gasteiger partial charge is 0.416 e. The van der Waals surface area contributed by atoms with E-state index in [0.29, 0.717) is 16.8 Å². The van der Waals surface area contributed by atoms with Gasteiger partial charge in [0, 0.05) is 19.6 Å². The van der Waals surface area contributed by atoms with Crippen LogP contribution in [0.2, 0.25) is 0 Å². The number of para-hydroxylation sites is 2. The zero-order valence-electron chi connectivity index (χ0n) is 14.3. The van der Waals surface area contributed by atoms with Crippen molar-refractivity contribution in [3.63, 3.8) is 0 Å². The van der Waals surface area contributed by atoms with Gasteiger partial charge in [0.25, 0.3) is 5.56 Å². The fourth-order valence-electron chi connectivity index (χ4n) is 2.78. The molecule has 2 aromatic carbocycles. The van der Waals surface area contributed by atoms with Gasteiger partial charge in [-0.2, -0.15) is 13.2 Å². The van der Waals surface area contributed by atoms with Crippen LogP contribution in [0.25, 0.3) is 11.0 Å². The second-order valence-corrected chi connectivity index (χ2v) is 6.13. The predicted molar refractivity (Wildman–Crippen MR) is 93.7 cm³/mol. The maximum absolute atomic E-state index is 12.6. The molecule has 4 nitrogen and oxygen atoms in total. The highest BCUT2D eigenvalue weighted by atomic mass is 19.4. The standard InChI is InChI=1S/C19H18F3N3O/c1-12(13-7-9-14(10-8-13)19(20,21)22)23-11-16-18(26)25(2)17-6-4-3-5-15(17)24-16/h3-10,12,23H,11H2,1-2H3/t12-/m1/s1. The number of nitrogens with zero attached hydrogens (tertiary/aromatic N) is 2. The van der Waals surface area contributed by atoms with Crippen molar-refractivity contribution in [1.29, 1.82) is 0 Å². The average Bonchev–Trinajstić information content (AvgIpc) is 2.62. The lowest BCUT2D eigenvalue weighted by atomic mass is 10.1.